The van der Waals surface area contributed by atoms with E-state index in [1.165, 1.54) is 45.3 Å². The van der Waals surface area contributed by atoms with Crippen molar-refractivity contribution in [2.45, 2.75) is 63.3 Å². The van der Waals surface area contributed by atoms with E-state index < -0.39 is 0 Å². The van der Waals surface area contributed by atoms with Crippen LogP contribution in [0, 0.1) is 0 Å². The molecule has 3 fully saturated rings. The molecule has 3 aliphatic rings. The van der Waals surface area contributed by atoms with E-state index in [4.69, 9.17) is 9.47 Å². The van der Waals surface area contributed by atoms with Crippen LogP contribution < -0.4 is 5.32 Å². The summed E-state index contributed by atoms with van der Waals surface area (Å²) >= 11 is 0. The molecule has 0 aromatic carbocycles. The van der Waals surface area contributed by atoms with Gasteiger partial charge in [-0.05, 0) is 45.3 Å². The van der Waals surface area contributed by atoms with Gasteiger partial charge in [-0.2, -0.15) is 0 Å². The molecular weight excluding hydrogens is 240 g/mol. The molecular formula is C15H28N2O2. The maximum atomic E-state index is 5.79. The van der Waals surface area contributed by atoms with Gasteiger partial charge in [-0.1, -0.05) is 6.92 Å². The van der Waals surface area contributed by atoms with Gasteiger partial charge in [0.05, 0.1) is 13.2 Å². The van der Waals surface area contributed by atoms with Crippen LogP contribution in [0.2, 0.25) is 0 Å². The Morgan fingerprint density at radius 3 is 2.16 bits per heavy atom. The number of nitrogens with one attached hydrogen (secondary N) is 1. The molecule has 1 spiro atoms. The monoisotopic (exact) mass is 268 g/mol. The average molecular weight is 268 g/mol. The van der Waals surface area contributed by atoms with Crippen molar-refractivity contribution in [3.05, 3.63) is 0 Å². The maximum absolute atomic E-state index is 5.79. The highest BCUT2D eigenvalue weighted by atomic mass is 16.7. The summed E-state index contributed by atoms with van der Waals surface area (Å²) in [6.07, 6.45) is 7.16. The fourth-order valence-corrected chi connectivity index (χ4v) is 3.76. The smallest absolute Gasteiger partial charge is 0.168 e. The quantitative estimate of drug-likeness (QED) is 0.845. The summed E-state index contributed by atoms with van der Waals surface area (Å²) in [5, 5.41) is 3.87. The fraction of sp³-hybridized carbons (Fsp3) is 1.00. The Bertz CT molecular complexity index is 274. The van der Waals surface area contributed by atoms with Crippen molar-refractivity contribution < 1.29 is 9.47 Å². The molecule has 19 heavy (non-hydrogen) atoms. The number of hydrogen-bond donors (Lipinski definition) is 1. The van der Waals surface area contributed by atoms with Crippen molar-refractivity contribution in [1.29, 1.82) is 0 Å². The first-order chi connectivity index (χ1) is 9.30. The Labute approximate surface area is 116 Å². The van der Waals surface area contributed by atoms with Gasteiger partial charge >= 0.3 is 0 Å². The van der Waals surface area contributed by atoms with Gasteiger partial charge in [0.15, 0.2) is 5.79 Å². The molecule has 4 heteroatoms. The first-order valence-corrected chi connectivity index (χ1v) is 8.06. The highest BCUT2D eigenvalue weighted by molar-refractivity contribution is 4.88. The summed E-state index contributed by atoms with van der Waals surface area (Å²) < 4.78 is 11.6. The predicted octanol–water partition coefficient (Wildman–Crippen LogP) is 1.75. The Morgan fingerprint density at radius 1 is 1.00 bits per heavy atom. The van der Waals surface area contributed by atoms with Crippen LogP contribution in [0.1, 0.15) is 45.4 Å². The molecule has 1 N–H and O–H groups in total. The van der Waals surface area contributed by atoms with Crippen LogP contribution >= 0.6 is 0 Å². The van der Waals surface area contributed by atoms with Gasteiger partial charge in [0.1, 0.15) is 0 Å². The van der Waals surface area contributed by atoms with Gasteiger partial charge in [0.2, 0.25) is 0 Å². The van der Waals surface area contributed by atoms with Crippen molar-refractivity contribution in [2.75, 3.05) is 32.8 Å². The van der Waals surface area contributed by atoms with Crippen LogP contribution in [0.4, 0.5) is 0 Å². The number of rotatable bonds is 3. The zero-order valence-corrected chi connectivity index (χ0v) is 12.2. The van der Waals surface area contributed by atoms with E-state index in [9.17, 15) is 0 Å². The standard InChI is InChI=1S/C15H28N2O2/c1-2-17-9-5-14(6-10-17)16-13-3-7-15(8-4-13)18-11-12-19-15/h13-14,16H,2-12H2,1H3. The Kier molecular flexibility index (Phi) is 4.42. The summed E-state index contributed by atoms with van der Waals surface area (Å²) in [6.45, 7) is 7.55. The summed E-state index contributed by atoms with van der Waals surface area (Å²) in [7, 11) is 0. The number of hydrogen-bond acceptors (Lipinski definition) is 4. The SMILES string of the molecule is CCN1CCC(NC2CCC3(CC2)OCCO3)CC1. The molecule has 0 aromatic rings. The van der Waals surface area contributed by atoms with Crippen molar-refractivity contribution >= 4 is 0 Å². The Morgan fingerprint density at radius 2 is 1.58 bits per heavy atom. The summed E-state index contributed by atoms with van der Waals surface area (Å²) in [5.74, 6) is -0.205. The molecule has 0 bridgehead atoms. The van der Waals surface area contributed by atoms with E-state index in [1.807, 2.05) is 0 Å². The third-order valence-electron chi connectivity index (χ3n) is 5.07. The van der Waals surface area contributed by atoms with Gasteiger partial charge in [-0.15, -0.1) is 0 Å². The molecule has 4 nitrogen and oxygen atoms in total. The summed E-state index contributed by atoms with van der Waals surface area (Å²) in [5.41, 5.74) is 0. The number of ether oxygens (including phenoxy) is 2. The molecule has 0 aromatic heterocycles. The zero-order valence-electron chi connectivity index (χ0n) is 12.2. The number of nitrogens with zero attached hydrogens (tertiary/aromatic N) is 1. The average Bonchev–Trinajstić information content (AvgIpc) is 2.91. The predicted molar refractivity (Wildman–Crippen MR) is 75.2 cm³/mol. The Hall–Kier alpha value is -0.160. The van der Waals surface area contributed by atoms with E-state index >= 15 is 0 Å². The lowest BCUT2D eigenvalue weighted by Crippen LogP contribution is -2.49. The molecule has 2 heterocycles. The third-order valence-corrected chi connectivity index (χ3v) is 5.07. The first kappa shape index (κ1) is 13.8. The minimum atomic E-state index is -0.205. The van der Waals surface area contributed by atoms with Gasteiger partial charge < -0.3 is 19.7 Å². The second-order valence-electron chi connectivity index (χ2n) is 6.26. The van der Waals surface area contributed by atoms with Crippen LogP contribution in [-0.4, -0.2) is 55.6 Å². The molecule has 0 atom stereocenters. The molecule has 3 rings (SSSR count). The van der Waals surface area contributed by atoms with E-state index in [0.29, 0.717) is 6.04 Å². The van der Waals surface area contributed by atoms with E-state index in [1.54, 1.807) is 0 Å². The van der Waals surface area contributed by atoms with Crippen molar-refractivity contribution in [3.8, 4) is 0 Å². The summed E-state index contributed by atoms with van der Waals surface area (Å²) in [6, 6.07) is 1.41. The summed E-state index contributed by atoms with van der Waals surface area (Å²) in [4.78, 5) is 2.55. The lowest BCUT2D eigenvalue weighted by molar-refractivity contribution is -0.179. The minimum Gasteiger partial charge on any atom is -0.348 e. The van der Waals surface area contributed by atoms with Gasteiger partial charge in [0, 0.05) is 24.9 Å². The van der Waals surface area contributed by atoms with E-state index in [-0.39, 0.29) is 5.79 Å². The van der Waals surface area contributed by atoms with E-state index in [2.05, 4.69) is 17.1 Å². The molecule has 0 unspecified atom stereocenters. The van der Waals surface area contributed by atoms with Crippen molar-refractivity contribution in [2.24, 2.45) is 0 Å². The van der Waals surface area contributed by atoms with Crippen LogP contribution in [0.3, 0.4) is 0 Å². The Balaban J connectivity index is 1.40. The third kappa shape index (κ3) is 3.30. The molecule has 110 valence electrons. The fourth-order valence-electron chi connectivity index (χ4n) is 3.76. The molecule has 1 saturated carbocycles. The van der Waals surface area contributed by atoms with Crippen molar-refractivity contribution in [1.82, 2.24) is 10.2 Å². The van der Waals surface area contributed by atoms with Gasteiger partial charge in [-0.25, -0.2) is 0 Å². The zero-order chi connectivity index (χ0) is 13.1. The molecule has 1 aliphatic carbocycles. The van der Waals surface area contributed by atoms with Gasteiger partial charge in [-0.3, -0.25) is 0 Å². The number of piperidine rings is 1. The number of likely N-dealkylation sites (tertiary alicyclic amines) is 1. The lowest BCUT2D eigenvalue weighted by Gasteiger charge is -2.39. The highest BCUT2D eigenvalue weighted by Crippen LogP contribution is 2.36. The highest BCUT2D eigenvalue weighted by Gasteiger charge is 2.40. The molecule has 2 aliphatic heterocycles. The van der Waals surface area contributed by atoms with Crippen LogP contribution in [0.5, 0.6) is 0 Å². The molecule has 0 amide bonds. The molecule has 2 saturated heterocycles. The largest absolute Gasteiger partial charge is 0.348 e. The normalized spacial score (nSPS) is 30.2. The second kappa shape index (κ2) is 6.08. The van der Waals surface area contributed by atoms with Crippen LogP contribution in [0.15, 0.2) is 0 Å². The first-order valence-electron chi connectivity index (χ1n) is 8.06. The topological polar surface area (TPSA) is 33.7 Å². The van der Waals surface area contributed by atoms with Crippen LogP contribution in [-0.2, 0) is 9.47 Å². The maximum Gasteiger partial charge on any atom is 0.168 e. The lowest BCUT2D eigenvalue weighted by atomic mass is 9.89. The van der Waals surface area contributed by atoms with E-state index in [0.717, 1.165) is 32.1 Å². The molecule has 0 radical (unpaired) electrons. The minimum absolute atomic E-state index is 0.205. The van der Waals surface area contributed by atoms with Crippen LogP contribution in [0.25, 0.3) is 0 Å². The van der Waals surface area contributed by atoms with Crippen molar-refractivity contribution in [3.63, 3.8) is 0 Å². The second-order valence-corrected chi connectivity index (χ2v) is 6.26. The van der Waals surface area contributed by atoms with Gasteiger partial charge in [0.25, 0.3) is 0 Å².